The van der Waals surface area contributed by atoms with Crippen LogP contribution in [0, 0.1) is 0 Å². The third kappa shape index (κ3) is 3.65. The van der Waals surface area contributed by atoms with Crippen molar-refractivity contribution in [1.82, 2.24) is 14.8 Å². The van der Waals surface area contributed by atoms with Crippen molar-refractivity contribution in [1.29, 1.82) is 0 Å². The summed E-state index contributed by atoms with van der Waals surface area (Å²) in [6.07, 6.45) is 3.10. The molecule has 1 N–H and O–H groups in total. The fraction of sp³-hybridized carbons (Fsp3) is 0.0500. The van der Waals surface area contributed by atoms with Crippen LogP contribution in [0.4, 0.5) is 5.69 Å². The SMILES string of the molecule is O=C(Nc1ccc(Cl)cc1)c1cnc2c(cnn2Cc2ccccc2)c1Cl. The second-order valence-electron chi connectivity index (χ2n) is 5.97. The van der Waals surface area contributed by atoms with Gasteiger partial charge in [0.05, 0.1) is 28.7 Å². The maximum absolute atomic E-state index is 12.6. The summed E-state index contributed by atoms with van der Waals surface area (Å²) < 4.78 is 1.76. The molecule has 4 aromatic rings. The first kappa shape index (κ1) is 17.5. The first-order chi connectivity index (χ1) is 13.1. The zero-order valence-corrected chi connectivity index (χ0v) is 15.6. The van der Waals surface area contributed by atoms with Gasteiger partial charge in [-0.1, -0.05) is 53.5 Å². The third-order valence-electron chi connectivity index (χ3n) is 4.12. The van der Waals surface area contributed by atoms with Crippen LogP contribution in [0.2, 0.25) is 10.0 Å². The van der Waals surface area contributed by atoms with E-state index < -0.39 is 0 Å². The number of nitrogens with zero attached hydrogens (tertiary/aromatic N) is 3. The van der Waals surface area contributed by atoms with Crippen LogP contribution in [-0.2, 0) is 6.54 Å². The molecule has 0 aliphatic carbocycles. The van der Waals surface area contributed by atoms with Crippen LogP contribution in [0.15, 0.2) is 67.0 Å². The van der Waals surface area contributed by atoms with Crippen molar-refractivity contribution in [2.24, 2.45) is 0 Å². The summed E-state index contributed by atoms with van der Waals surface area (Å²) in [7, 11) is 0. The van der Waals surface area contributed by atoms with Gasteiger partial charge in [-0.3, -0.25) is 4.79 Å². The summed E-state index contributed by atoms with van der Waals surface area (Å²) in [6, 6.07) is 16.8. The average Bonchev–Trinajstić information content (AvgIpc) is 3.08. The molecule has 0 aliphatic rings. The number of rotatable bonds is 4. The van der Waals surface area contributed by atoms with Gasteiger partial charge < -0.3 is 5.32 Å². The second kappa shape index (κ2) is 7.39. The molecule has 4 rings (SSSR count). The van der Waals surface area contributed by atoms with Crippen molar-refractivity contribution in [3.63, 3.8) is 0 Å². The highest BCUT2D eigenvalue weighted by molar-refractivity contribution is 6.38. The van der Waals surface area contributed by atoms with Gasteiger partial charge in [0.25, 0.3) is 5.91 Å². The van der Waals surface area contributed by atoms with E-state index in [9.17, 15) is 4.79 Å². The van der Waals surface area contributed by atoms with Crippen LogP contribution in [0.25, 0.3) is 11.0 Å². The number of nitrogens with one attached hydrogen (secondary N) is 1. The molecule has 0 spiro atoms. The number of halogens is 2. The lowest BCUT2D eigenvalue weighted by molar-refractivity contribution is 0.102. The number of amides is 1. The molecule has 0 unspecified atom stereocenters. The number of carbonyl (C=O) groups is 1. The van der Waals surface area contributed by atoms with Crippen molar-refractivity contribution in [3.8, 4) is 0 Å². The minimum atomic E-state index is -0.340. The predicted octanol–water partition coefficient (Wildman–Crippen LogP) is 5.04. The van der Waals surface area contributed by atoms with Gasteiger partial charge in [-0.25, -0.2) is 9.67 Å². The monoisotopic (exact) mass is 396 g/mol. The van der Waals surface area contributed by atoms with Crippen LogP contribution < -0.4 is 5.32 Å². The smallest absolute Gasteiger partial charge is 0.258 e. The molecule has 0 saturated heterocycles. The summed E-state index contributed by atoms with van der Waals surface area (Å²) in [4.78, 5) is 17.0. The molecule has 134 valence electrons. The number of aromatic nitrogens is 3. The molecular weight excluding hydrogens is 383 g/mol. The summed E-state index contributed by atoms with van der Waals surface area (Å²) in [5, 5.41) is 8.71. The third-order valence-corrected chi connectivity index (χ3v) is 4.78. The van der Waals surface area contributed by atoms with Gasteiger partial charge in [-0.2, -0.15) is 5.10 Å². The van der Waals surface area contributed by atoms with E-state index in [1.807, 2.05) is 30.3 Å². The highest BCUT2D eigenvalue weighted by atomic mass is 35.5. The first-order valence-electron chi connectivity index (χ1n) is 8.22. The molecule has 2 aromatic heterocycles. The molecule has 0 bridgehead atoms. The Morgan fingerprint density at radius 1 is 1.00 bits per heavy atom. The van der Waals surface area contributed by atoms with E-state index in [-0.39, 0.29) is 5.91 Å². The van der Waals surface area contributed by atoms with Crippen LogP contribution in [0.5, 0.6) is 0 Å². The van der Waals surface area contributed by atoms with E-state index in [1.165, 1.54) is 6.20 Å². The number of anilines is 1. The number of benzene rings is 2. The molecule has 0 saturated carbocycles. The lowest BCUT2D eigenvalue weighted by Gasteiger charge is -2.08. The molecule has 2 heterocycles. The van der Waals surface area contributed by atoms with Gasteiger partial charge in [0, 0.05) is 16.9 Å². The van der Waals surface area contributed by atoms with E-state index in [4.69, 9.17) is 23.2 Å². The van der Waals surface area contributed by atoms with Crippen molar-refractivity contribution < 1.29 is 4.79 Å². The fourth-order valence-electron chi connectivity index (χ4n) is 2.76. The summed E-state index contributed by atoms with van der Waals surface area (Å²) in [5.74, 6) is -0.340. The van der Waals surface area contributed by atoms with Crippen molar-refractivity contribution >= 4 is 45.8 Å². The summed E-state index contributed by atoms with van der Waals surface area (Å²) in [6.45, 7) is 0.573. The standard InChI is InChI=1S/C20H14Cl2N4O/c21-14-6-8-15(9-7-14)25-20(27)17-10-23-19-16(18(17)22)11-24-26(19)12-13-4-2-1-3-5-13/h1-11H,12H2,(H,25,27). The molecule has 0 radical (unpaired) electrons. The Hall–Kier alpha value is -2.89. The van der Waals surface area contributed by atoms with Gasteiger partial charge in [0.1, 0.15) is 0 Å². The Morgan fingerprint density at radius 2 is 1.74 bits per heavy atom. The van der Waals surface area contributed by atoms with E-state index in [0.717, 1.165) is 5.56 Å². The molecule has 0 atom stereocenters. The van der Waals surface area contributed by atoms with Crippen molar-refractivity contribution in [2.45, 2.75) is 6.54 Å². The van der Waals surface area contributed by atoms with Crippen LogP contribution >= 0.6 is 23.2 Å². The Labute approximate surface area is 165 Å². The normalized spacial score (nSPS) is 10.9. The molecule has 7 heteroatoms. The highest BCUT2D eigenvalue weighted by Gasteiger charge is 2.17. The second-order valence-corrected chi connectivity index (χ2v) is 6.79. The quantitative estimate of drug-likeness (QED) is 0.525. The molecule has 0 aliphatic heterocycles. The van der Waals surface area contributed by atoms with E-state index >= 15 is 0 Å². The number of hydrogen-bond donors (Lipinski definition) is 1. The zero-order chi connectivity index (χ0) is 18.8. The number of hydrogen-bond acceptors (Lipinski definition) is 3. The van der Waals surface area contributed by atoms with Gasteiger partial charge in [-0.05, 0) is 29.8 Å². The van der Waals surface area contributed by atoms with Gasteiger partial charge in [0.15, 0.2) is 5.65 Å². The molecule has 5 nitrogen and oxygen atoms in total. The van der Waals surface area contributed by atoms with Gasteiger partial charge in [0.2, 0.25) is 0 Å². The molecule has 0 fully saturated rings. The Morgan fingerprint density at radius 3 is 2.48 bits per heavy atom. The van der Waals surface area contributed by atoms with E-state index in [2.05, 4.69) is 15.4 Å². The first-order valence-corrected chi connectivity index (χ1v) is 8.98. The maximum Gasteiger partial charge on any atom is 0.258 e. The largest absolute Gasteiger partial charge is 0.322 e. The average molecular weight is 397 g/mol. The Bertz CT molecular complexity index is 1110. The van der Waals surface area contributed by atoms with Crippen LogP contribution in [-0.4, -0.2) is 20.7 Å². The maximum atomic E-state index is 12.6. The van der Waals surface area contributed by atoms with Crippen molar-refractivity contribution in [2.75, 3.05) is 5.32 Å². The van der Waals surface area contributed by atoms with Crippen molar-refractivity contribution in [3.05, 3.63) is 88.2 Å². The fourth-order valence-corrected chi connectivity index (χ4v) is 3.15. The predicted molar refractivity (Wildman–Crippen MR) is 107 cm³/mol. The zero-order valence-electron chi connectivity index (χ0n) is 14.1. The van der Waals surface area contributed by atoms with Crippen LogP contribution in [0.1, 0.15) is 15.9 Å². The number of carbonyl (C=O) groups excluding carboxylic acids is 1. The molecule has 2 aromatic carbocycles. The van der Waals surface area contributed by atoms with Gasteiger partial charge >= 0.3 is 0 Å². The minimum absolute atomic E-state index is 0.290. The lowest BCUT2D eigenvalue weighted by Crippen LogP contribution is -2.13. The highest BCUT2D eigenvalue weighted by Crippen LogP contribution is 2.27. The van der Waals surface area contributed by atoms with E-state index in [1.54, 1.807) is 35.1 Å². The number of pyridine rings is 1. The number of fused-ring (bicyclic) bond motifs is 1. The lowest BCUT2D eigenvalue weighted by atomic mass is 10.2. The van der Waals surface area contributed by atoms with E-state index in [0.29, 0.717) is 38.9 Å². The van der Waals surface area contributed by atoms with Gasteiger partial charge in [-0.15, -0.1) is 0 Å². The molecule has 1 amide bonds. The summed E-state index contributed by atoms with van der Waals surface area (Å²) >= 11 is 12.3. The van der Waals surface area contributed by atoms with Crippen LogP contribution in [0.3, 0.4) is 0 Å². The Kier molecular flexibility index (Phi) is 4.79. The summed E-state index contributed by atoms with van der Waals surface area (Å²) in [5.41, 5.74) is 2.65. The molecule has 27 heavy (non-hydrogen) atoms. The topological polar surface area (TPSA) is 59.8 Å². The molecular formula is C20H14Cl2N4O. The Balaban J connectivity index is 1.62. The minimum Gasteiger partial charge on any atom is -0.322 e.